The fraction of sp³-hybridized carbons (Fsp3) is 0.0588. The lowest BCUT2D eigenvalue weighted by atomic mass is 10.1. The molecule has 2 aromatic carbocycles. The molecule has 0 radical (unpaired) electrons. The lowest BCUT2D eigenvalue weighted by Gasteiger charge is -2.07. The summed E-state index contributed by atoms with van der Waals surface area (Å²) in [5.41, 5.74) is 1.48. The van der Waals surface area contributed by atoms with Crippen molar-refractivity contribution < 1.29 is 13.9 Å². The molecule has 4 nitrogen and oxygen atoms in total. The molecular formula is C17H12O4. The van der Waals surface area contributed by atoms with E-state index >= 15 is 0 Å². The van der Waals surface area contributed by atoms with E-state index in [9.17, 15) is 9.59 Å². The van der Waals surface area contributed by atoms with Gasteiger partial charge in [0.2, 0.25) is 0 Å². The molecule has 0 spiro atoms. The van der Waals surface area contributed by atoms with E-state index in [2.05, 4.69) is 0 Å². The van der Waals surface area contributed by atoms with E-state index in [4.69, 9.17) is 9.15 Å². The van der Waals surface area contributed by atoms with Gasteiger partial charge in [-0.25, -0.2) is 4.79 Å². The van der Waals surface area contributed by atoms with Gasteiger partial charge in [0.25, 0.3) is 0 Å². The standard InChI is InChI=1S/C17H12O4/c1-11-7-17(19)21-16-9-14(5-6-15(11)16)20-13-4-2-3-12(8-13)10-18/h2-10H,1H3. The maximum Gasteiger partial charge on any atom is 0.336 e. The Morgan fingerprint density at radius 3 is 2.67 bits per heavy atom. The predicted octanol–water partition coefficient (Wildman–Crippen LogP) is 3.71. The van der Waals surface area contributed by atoms with E-state index in [1.165, 1.54) is 6.07 Å². The number of rotatable bonds is 3. The summed E-state index contributed by atoms with van der Waals surface area (Å²) >= 11 is 0. The number of carbonyl (C=O) groups is 1. The summed E-state index contributed by atoms with van der Waals surface area (Å²) in [6, 6.07) is 13.6. The summed E-state index contributed by atoms with van der Waals surface area (Å²) in [4.78, 5) is 22.2. The zero-order valence-corrected chi connectivity index (χ0v) is 11.3. The van der Waals surface area contributed by atoms with Crippen LogP contribution in [0.5, 0.6) is 11.5 Å². The van der Waals surface area contributed by atoms with E-state index in [0.29, 0.717) is 22.6 Å². The summed E-state index contributed by atoms with van der Waals surface area (Å²) in [6.45, 7) is 1.85. The highest BCUT2D eigenvalue weighted by Crippen LogP contribution is 2.26. The third-order valence-corrected chi connectivity index (χ3v) is 3.15. The summed E-state index contributed by atoms with van der Waals surface area (Å²) in [5.74, 6) is 1.09. The summed E-state index contributed by atoms with van der Waals surface area (Å²) in [7, 11) is 0. The smallest absolute Gasteiger partial charge is 0.336 e. The Kier molecular flexibility index (Phi) is 3.28. The van der Waals surface area contributed by atoms with E-state index in [0.717, 1.165) is 17.2 Å². The number of hydrogen-bond donors (Lipinski definition) is 0. The van der Waals surface area contributed by atoms with Crippen LogP contribution in [0, 0.1) is 6.92 Å². The second kappa shape index (κ2) is 5.25. The third-order valence-electron chi connectivity index (χ3n) is 3.15. The zero-order valence-electron chi connectivity index (χ0n) is 11.3. The van der Waals surface area contributed by atoms with Gasteiger partial charge in [0.1, 0.15) is 23.4 Å². The lowest BCUT2D eigenvalue weighted by Crippen LogP contribution is -1.97. The molecule has 3 aromatic rings. The van der Waals surface area contributed by atoms with Gasteiger partial charge in [-0.2, -0.15) is 0 Å². The number of aryl methyl sites for hydroxylation is 1. The first-order chi connectivity index (χ1) is 10.2. The van der Waals surface area contributed by atoms with Crippen LogP contribution in [-0.2, 0) is 0 Å². The molecule has 21 heavy (non-hydrogen) atoms. The molecule has 104 valence electrons. The number of hydrogen-bond acceptors (Lipinski definition) is 4. The summed E-state index contributed by atoms with van der Waals surface area (Å²) < 4.78 is 10.9. The van der Waals surface area contributed by atoms with Crippen LogP contribution in [0.4, 0.5) is 0 Å². The molecule has 0 N–H and O–H groups in total. The Balaban J connectivity index is 2.01. The molecule has 0 aliphatic heterocycles. The van der Waals surface area contributed by atoms with Crippen molar-refractivity contribution in [3.05, 3.63) is 70.1 Å². The van der Waals surface area contributed by atoms with Crippen LogP contribution in [-0.4, -0.2) is 6.29 Å². The quantitative estimate of drug-likeness (QED) is 0.542. The van der Waals surface area contributed by atoms with Crippen LogP contribution < -0.4 is 10.4 Å². The SMILES string of the molecule is Cc1cc(=O)oc2cc(Oc3cccc(C=O)c3)ccc12. The highest BCUT2D eigenvalue weighted by molar-refractivity contribution is 5.81. The molecule has 0 fully saturated rings. The molecule has 3 rings (SSSR count). The minimum atomic E-state index is -0.389. The molecule has 0 aliphatic rings. The number of carbonyl (C=O) groups excluding carboxylic acids is 1. The monoisotopic (exact) mass is 280 g/mol. The van der Waals surface area contributed by atoms with E-state index in [1.54, 1.807) is 36.4 Å². The second-order valence-corrected chi connectivity index (χ2v) is 4.70. The minimum Gasteiger partial charge on any atom is -0.457 e. The first-order valence-electron chi connectivity index (χ1n) is 6.43. The van der Waals surface area contributed by atoms with Gasteiger partial charge in [-0.1, -0.05) is 12.1 Å². The number of aldehydes is 1. The van der Waals surface area contributed by atoms with Crippen molar-refractivity contribution in [1.82, 2.24) is 0 Å². The highest BCUT2D eigenvalue weighted by Gasteiger charge is 2.05. The molecule has 0 aliphatic carbocycles. The lowest BCUT2D eigenvalue weighted by molar-refractivity contribution is 0.112. The van der Waals surface area contributed by atoms with Gasteiger partial charge < -0.3 is 9.15 Å². The molecule has 4 heteroatoms. The molecule has 0 amide bonds. The summed E-state index contributed by atoms with van der Waals surface area (Å²) in [5, 5.41) is 0.864. The molecule has 0 unspecified atom stereocenters. The highest BCUT2D eigenvalue weighted by atomic mass is 16.5. The van der Waals surface area contributed by atoms with E-state index in [1.807, 2.05) is 13.0 Å². The first kappa shape index (κ1) is 13.1. The van der Waals surface area contributed by atoms with Crippen LogP contribution in [0.2, 0.25) is 0 Å². The Hall–Kier alpha value is -2.88. The Labute approximate surface area is 120 Å². The molecule has 0 bridgehead atoms. The van der Waals surface area contributed by atoms with Crippen LogP contribution in [0.15, 0.2) is 57.7 Å². The minimum absolute atomic E-state index is 0.389. The van der Waals surface area contributed by atoms with Crippen molar-refractivity contribution in [3.63, 3.8) is 0 Å². The molecule has 0 saturated heterocycles. The van der Waals surface area contributed by atoms with Gasteiger partial charge in [0, 0.05) is 23.1 Å². The number of ether oxygens (including phenoxy) is 1. The Morgan fingerprint density at radius 2 is 1.86 bits per heavy atom. The fourth-order valence-corrected chi connectivity index (χ4v) is 2.16. The number of benzene rings is 2. The van der Waals surface area contributed by atoms with Gasteiger partial charge in [-0.05, 0) is 36.8 Å². The third kappa shape index (κ3) is 2.69. The van der Waals surface area contributed by atoms with Crippen molar-refractivity contribution in [2.24, 2.45) is 0 Å². The molecule has 0 atom stereocenters. The van der Waals surface area contributed by atoms with Crippen LogP contribution in [0.1, 0.15) is 15.9 Å². The average Bonchev–Trinajstić information content (AvgIpc) is 2.47. The molecular weight excluding hydrogens is 268 g/mol. The van der Waals surface area contributed by atoms with Gasteiger partial charge in [-0.3, -0.25) is 4.79 Å². The van der Waals surface area contributed by atoms with Crippen LogP contribution in [0.3, 0.4) is 0 Å². The number of fused-ring (bicyclic) bond motifs is 1. The maximum atomic E-state index is 11.4. The van der Waals surface area contributed by atoms with Gasteiger partial charge in [-0.15, -0.1) is 0 Å². The largest absolute Gasteiger partial charge is 0.457 e. The van der Waals surface area contributed by atoms with Crippen LogP contribution in [0.25, 0.3) is 11.0 Å². The second-order valence-electron chi connectivity index (χ2n) is 4.70. The zero-order chi connectivity index (χ0) is 14.8. The van der Waals surface area contributed by atoms with Crippen molar-refractivity contribution >= 4 is 17.3 Å². The Bertz CT molecular complexity index is 877. The molecule has 0 saturated carbocycles. The average molecular weight is 280 g/mol. The normalized spacial score (nSPS) is 10.5. The van der Waals surface area contributed by atoms with Gasteiger partial charge in [0.15, 0.2) is 0 Å². The van der Waals surface area contributed by atoms with E-state index in [-0.39, 0.29) is 5.63 Å². The van der Waals surface area contributed by atoms with Crippen molar-refractivity contribution in [2.75, 3.05) is 0 Å². The van der Waals surface area contributed by atoms with Crippen LogP contribution >= 0.6 is 0 Å². The molecule has 1 heterocycles. The first-order valence-corrected chi connectivity index (χ1v) is 6.43. The summed E-state index contributed by atoms with van der Waals surface area (Å²) in [6.07, 6.45) is 0.760. The van der Waals surface area contributed by atoms with Crippen molar-refractivity contribution in [1.29, 1.82) is 0 Å². The molecule has 1 aromatic heterocycles. The van der Waals surface area contributed by atoms with Gasteiger partial charge >= 0.3 is 5.63 Å². The van der Waals surface area contributed by atoms with Crippen molar-refractivity contribution in [3.8, 4) is 11.5 Å². The Morgan fingerprint density at radius 1 is 1.05 bits per heavy atom. The topological polar surface area (TPSA) is 56.5 Å². The fourth-order valence-electron chi connectivity index (χ4n) is 2.16. The van der Waals surface area contributed by atoms with E-state index < -0.39 is 0 Å². The maximum absolute atomic E-state index is 11.4. The van der Waals surface area contributed by atoms with Crippen molar-refractivity contribution in [2.45, 2.75) is 6.92 Å². The van der Waals surface area contributed by atoms with Gasteiger partial charge in [0.05, 0.1) is 0 Å². The predicted molar refractivity (Wildman–Crippen MR) is 79.1 cm³/mol.